The van der Waals surface area contributed by atoms with Crippen LogP contribution in [0.15, 0.2) is 22.5 Å². The molecule has 0 saturated heterocycles. The molecule has 0 aromatic carbocycles. The van der Waals surface area contributed by atoms with Gasteiger partial charge in [0.15, 0.2) is 0 Å². The quantitative estimate of drug-likeness (QED) is 0.437. The molecule has 0 saturated carbocycles. The largest absolute Gasteiger partial charge is 0.480 e. The Morgan fingerprint density at radius 1 is 1.03 bits per heavy atom. The molecule has 1 aliphatic rings. The summed E-state index contributed by atoms with van der Waals surface area (Å²) in [6, 6.07) is -1.44. The minimum absolute atomic E-state index is 0.0794. The highest BCUT2D eigenvalue weighted by Gasteiger charge is 2.39. The fourth-order valence-electron chi connectivity index (χ4n) is 3.04. The summed E-state index contributed by atoms with van der Waals surface area (Å²) in [5.74, 6) is -3.78. The third-order valence-corrected chi connectivity index (χ3v) is 4.15. The van der Waals surface area contributed by atoms with Crippen LogP contribution in [-0.4, -0.2) is 55.0 Å². The van der Waals surface area contributed by atoms with Gasteiger partial charge in [0, 0.05) is 17.3 Å². The average Bonchev–Trinajstić information content (AvgIpc) is 2.58. The molecule has 10 heteroatoms. The number of allylic oxidation sites excluding steroid dienone is 2. The number of carbonyl (C=O) groups is 4. The van der Waals surface area contributed by atoms with Crippen molar-refractivity contribution in [3.05, 3.63) is 22.5 Å². The number of rotatable bonds is 6. The molecule has 0 spiro atoms. The second kappa shape index (κ2) is 9.44. The van der Waals surface area contributed by atoms with E-state index in [1.54, 1.807) is 34.6 Å². The predicted octanol–water partition coefficient (Wildman–Crippen LogP) is 1.47. The van der Waals surface area contributed by atoms with E-state index in [2.05, 4.69) is 10.6 Å². The zero-order chi connectivity index (χ0) is 22.5. The average molecular weight is 412 g/mol. The number of alkyl carbamates (subject to hydrolysis) is 1. The number of dihydropyridines is 1. The number of ether oxygens (including phenoxy) is 3. The predicted molar refractivity (Wildman–Crippen MR) is 101 cm³/mol. The second-order valence-corrected chi connectivity index (χ2v) is 7.51. The minimum Gasteiger partial charge on any atom is -0.480 e. The highest BCUT2D eigenvalue weighted by molar-refractivity contribution is 5.98. The Morgan fingerprint density at radius 2 is 1.48 bits per heavy atom. The van der Waals surface area contributed by atoms with Gasteiger partial charge in [0.2, 0.25) is 0 Å². The summed E-state index contributed by atoms with van der Waals surface area (Å²) in [4.78, 5) is 48.6. The Morgan fingerprint density at radius 3 is 1.83 bits per heavy atom. The second-order valence-electron chi connectivity index (χ2n) is 7.51. The smallest absolute Gasteiger partial charge is 0.408 e. The number of amides is 1. The van der Waals surface area contributed by atoms with Gasteiger partial charge in [0.1, 0.15) is 11.6 Å². The van der Waals surface area contributed by atoms with Crippen LogP contribution in [-0.2, 0) is 28.6 Å². The van der Waals surface area contributed by atoms with Gasteiger partial charge < -0.3 is 30.0 Å². The van der Waals surface area contributed by atoms with Crippen LogP contribution in [0.2, 0.25) is 0 Å². The normalized spacial score (nSPS) is 16.0. The summed E-state index contributed by atoms with van der Waals surface area (Å²) < 4.78 is 14.7. The maximum atomic E-state index is 12.4. The van der Waals surface area contributed by atoms with E-state index in [-0.39, 0.29) is 17.6 Å². The molecule has 1 rings (SSSR count). The first-order chi connectivity index (χ1) is 13.3. The Bertz CT molecular complexity index is 723. The first-order valence-electron chi connectivity index (χ1n) is 8.89. The lowest BCUT2D eigenvalue weighted by molar-refractivity contribution is -0.142. The number of carboxylic acid groups (broad SMARTS) is 1. The molecule has 29 heavy (non-hydrogen) atoms. The van der Waals surface area contributed by atoms with E-state index in [1.807, 2.05) is 0 Å². The summed E-state index contributed by atoms with van der Waals surface area (Å²) in [7, 11) is 2.35. The number of aliphatic carboxylic acids is 1. The highest BCUT2D eigenvalue weighted by atomic mass is 16.6. The molecule has 0 unspecified atom stereocenters. The molecule has 0 aromatic rings. The van der Waals surface area contributed by atoms with Gasteiger partial charge in [-0.25, -0.2) is 19.2 Å². The van der Waals surface area contributed by atoms with Crippen molar-refractivity contribution < 1.29 is 38.5 Å². The summed E-state index contributed by atoms with van der Waals surface area (Å²) in [5, 5.41) is 14.8. The molecule has 1 heterocycles. The molecule has 0 radical (unpaired) electrons. The van der Waals surface area contributed by atoms with Crippen LogP contribution in [0.4, 0.5) is 4.79 Å². The van der Waals surface area contributed by atoms with Gasteiger partial charge in [-0.1, -0.05) is 0 Å². The van der Waals surface area contributed by atoms with Crippen LogP contribution >= 0.6 is 0 Å². The van der Waals surface area contributed by atoms with Crippen LogP contribution in [0.1, 0.15) is 41.0 Å². The lowest BCUT2D eigenvalue weighted by Crippen LogP contribution is -2.46. The molecule has 10 nitrogen and oxygen atoms in total. The number of nitrogens with one attached hydrogen (secondary N) is 2. The topological polar surface area (TPSA) is 140 Å². The van der Waals surface area contributed by atoms with E-state index >= 15 is 0 Å². The maximum Gasteiger partial charge on any atom is 0.408 e. The Kier molecular flexibility index (Phi) is 7.81. The van der Waals surface area contributed by atoms with Crippen molar-refractivity contribution >= 4 is 24.0 Å². The molecular formula is C19H28N2O8. The van der Waals surface area contributed by atoms with Crippen molar-refractivity contribution in [3.63, 3.8) is 0 Å². The molecule has 0 aromatic heterocycles. The highest BCUT2D eigenvalue weighted by Crippen LogP contribution is 2.34. The zero-order valence-corrected chi connectivity index (χ0v) is 17.7. The maximum absolute atomic E-state index is 12.4. The molecule has 1 atom stereocenters. The van der Waals surface area contributed by atoms with Gasteiger partial charge in [-0.2, -0.15) is 0 Å². The van der Waals surface area contributed by atoms with Crippen LogP contribution in [0, 0.1) is 5.92 Å². The molecule has 1 amide bonds. The fourth-order valence-corrected chi connectivity index (χ4v) is 3.04. The Hall–Kier alpha value is -3.04. The number of carbonyl (C=O) groups excluding carboxylic acids is 3. The van der Waals surface area contributed by atoms with E-state index < -0.39 is 41.6 Å². The molecular weight excluding hydrogens is 384 g/mol. The van der Waals surface area contributed by atoms with E-state index in [1.165, 1.54) is 14.2 Å². The van der Waals surface area contributed by atoms with Crippen molar-refractivity contribution in [2.75, 3.05) is 14.2 Å². The van der Waals surface area contributed by atoms with Crippen LogP contribution < -0.4 is 10.6 Å². The first kappa shape index (κ1) is 24.0. The standard InChI is InChI=1S/C19H28N2O8/c1-9-13(16(24)27-6)11(14(10(2)20-9)17(25)28-7)8-12(15(22)23)21-18(26)29-19(3,4)5/h11-12,20H,8H2,1-7H3,(H,21,26)(H,22,23)/t12-/m0/s1. The summed E-state index contributed by atoms with van der Waals surface area (Å²) in [6.07, 6.45) is -1.22. The molecule has 3 N–H and O–H groups in total. The number of methoxy groups -OCH3 is 2. The lowest BCUT2D eigenvalue weighted by Gasteiger charge is -2.31. The molecule has 162 valence electrons. The Labute approximate surface area is 169 Å². The number of carboxylic acids is 1. The van der Waals surface area contributed by atoms with Gasteiger partial charge in [0.05, 0.1) is 25.4 Å². The van der Waals surface area contributed by atoms with Crippen LogP contribution in [0.5, 0.6) is 0 Å². The Balaban J connectivity index is 3.33. The van der Waals surface area contributed by atoms with E-state index in [4.69, 9.17) is 14.2 Å². The van der Waals surface area contributed by atoms with Crippen molar-refractivity contribution in [3.8, 4) is 0 Å². The fraction of sp³-hybridized carbons (Fsp3) is 0.579. The van der Waals surface area contributed by atoms with Crippen LogP contribution in [0.25, 0.3) is 0 Å². The molecule has 0 fully saturated rings. The van der Waals surface area contributed by atoms with Gasteiger partial charge in [-0.3, -0.25) is 0 Å². The van der Waals surface area contributed by atoms with E-state index in [0.29, 0.717) is 11.4 Å². The van der Waals surface area contributed by atoms with E-state index in [0.717, 1.165) is 0 Å². The third-order valence-electron chi connectivity index (χ3n) is 4.15. The number of esters is 2. The number of hydrogen-bond acceptors (Lipinski definition) is 8. The monoisotopic (exact) mass is 412 g/mol. The molecule has 0 aliphatic carbocycles. The van der Waals surface area contributed by atoms with Crippen LogP contribution in [0.3, 0.4) is 0 Å². The van der Waals surface area contributed by atoms with Crippen molar-refractivity contribution in [1.82, 2.24) is 10.6 Å². The zero-order valence-electron chi connectivity index (χ0n) is 17.7. The van der Waals surface area contributed by atoms with Crippen molar-refractivity contribution in [2.45, 2.75) is 52.7 Å². The summed E-state index contributed by atoms with van der Waals surface area (Å²) in [5.41, 5.74) is 0.150. The SMILES string of the molecule is COC(=O)C1=C(C)NC(C)=C(C(=O)OC)C1C[C@H](NC(=O)OC(C)(C)C)C(=O)O. The summed E-state index contributed by atoms with van der Waals surface area (Å²) in [6.45, 7) is 8.12. The third kappa shape index (κ3) is 6.23. The first-order valence-corrected chi connectivity index (χ1v) is 8.89. The van der Waals surface area contributed by atoms with Gasteiger partial charge in [-0.15, -0.1) is 0 Å². The van der Waals surface area contributed by atoms with Gasteiger partial charge >= 0.3 is 24.0 Å². The molecule has 1 aliphatic heterocycles. The lowest BCUT2D eigenvalue weighted by atomic mass is 9.81. The van der Waals surface area contributed by atoms with Crippen molar-refractivity contribution in [2.24, 2.45) is 5.92 Å². The number of hydrogen-bond donors (Lipinski definition) is 3. The summed E-state index contributed by atoms with van der Waals surface area (Å²) >= 11 is 0. The minimum atomic E-state index is -1.44. The van der Waals surface area contributed by atoms with E-state index in [9.17, 15) is 24.3 Å². The van der Waals surface area contributed by atoms with Gasteiger partial charge in [-0.05, 0) is 41.0 Å². The molecule has 0 bridgehead atoms. The van der Waals surface area contributed by atoms with Crippen molar-refractivity contribution in [1.29, 1.82) is 0 Å². The van der Waals surface area contributed by atoms with Gasteiger partial charge in [0.25, 0.3) is 0 Å².